The molecule has 7 nitrogen and oxygen atoms in total. The molecule has 0 fully saturated rings. The number of carboxylic acids is 1. The first kappa shape index (κ1) is 15.2. The largest absolute Gasteiger partial charge is 0.493 e. The molecular formula is C13H13NO6. The van der Waals surface area contributed by atoms with Crippen molar-refractivity contribution >= 4 is 17.7 Å². The maximum atomic E-state index is 11.0. The lowest BCUT2D eigenvalue weighted by Gasteiger charge is -2.08. The number of hydrogen-bond donors (Lipinski definition) is 1. The Hall–Kier alpha value is -2.83. The van der Waals surface area contributed by atoms with Crippen LogP contribution in [0.3, 0.4) is 0 Å². The van der Waals surface area contributed by atoms with E-state index in [4.69, 9.17) is 14.6 Å². The van der Waals surface area contributed by atoms with Gasteiger partial charge in [0.15, 0.2) is 11.5 Å². The first-order valence-electron chi connectivity index (χ1n) is 5.47. The topological polar surface area (TPSA) is 98.9 Å². The highest BCUT2D eigenvalue weighted by molar-refractivity contribution is 5.80. The Kier molecular flexibility index (Phi) is 5.28. The molecule has 1 aromatic rings. The van der Waals surface area contributed by atoms with E-state index < -0.39 is 10.9 Å². The monoisotopic (exact) mass is 279 g/mol. The van der Waals surface area contributed by atoms with Gasteiger partial charge in [0.2, 0.25) is 0 Å². The predicted molar refractivity (Wildman–Crippen MR) is 72.0 cm³/mol. The van der Waals surface area contributed by atoms with E-state index in [1.807, 2.05) is 0 Å². The summed E-state index contributed by atoms with van der Waals surface area (Å²) in [5.74, 6) is -0.506. The summed E-state index contributed by atoms with van der Waals surface area (Å²) < 4.78 is 10.1. The standard InChI is InChI=1S/C13H13NO6/c1-19-11-7-9(5-3-4-6-13(15)16)10(14(17)18)8-12(11)20-2/h3-8H,1-2H3,(H,15,16)/b5-3+,6-4+. The SMILES string of the molecule is COc1cc(/C=C/C=C/C(=O)O)c([N+](=O)[O-])cc1OC. The molecule has 20 heavy (non-hydrogen) atoms. The molecule has 0 saturated carbocycles. The van der Waals surface area contributed by atoms with Gasteiger partial charge in [-0.15, -0.1) is 0 Å². The summed E-state index contributed by atoms with van der Waals surface area (Å²) in [6, 6.07) is 2.70. The zero-order valence-corrected chi connectivity index (χ0v) is 10.9. The summed E-state index contributed by atoms with van der Waals surface area (Å²) in [6.45, 7) is 0. The average molecular weight is 279 g/mol. The number of ether oxygens (including phenoxy) is 2. The van der Waals surface area contributed by atoms with Crippen molar-refractivity contribution in [2.75, 3.05) is 14.2 Å². The molecule has 0 aliphatic rings. The fourth-order valence-electron chi connectivity index (χ4n) is 1.47. The molecule has 0 unspecified atom stereocenters. The van der Waals surface area contributed by atoms with Crippen LogP contribution in [0.1, 0.15) is 5.56 Å². The molecule has 0 radical (unpaired) electrons. The van der Waals surface area contributed by atoms with Gasteiger partial charge in [0, 0.05) is 6.08 Å². The molecule has 0 spiro atoms. The molecule has 0 amide bonds. The van der Waals surface area contributed by atoms with Crippen molar-refractivity contribution in [3.05, 3.63) is 46.0 Å². The molecule has 0 saturated heterocycles. The number of allylic oxidation sites excluding steroid dienone is 2. The number of carbonyl (C=O) groups is 1. The number of nitro benzene ring substituents is 1. The summed E-state index contributed by atoms with van der Waals surface area (Å²) in [5, 5.41) is 19.4. The van der Waals surface area contributed by atoms with Crippen LogP contribution in [0.5, 0.6) is 11.5 Å². The van der Waals surface area contributed by atoms with Gasteiger partial charge in [-0.1, -0.05) is 12.2 Å². The minimum absolute atomic E-state index is 0.164. The number of nitro groups is 1. The van der Waals surface area contributed by atoms with Crippen molar-refractivity contribution in [3.8, 4) is 11.5 Å². The van der Waals surface area contributed by atoms with Crippen LogP contribution in [0.15, 0.2) is 30.4 Å². The van der Waals surface area contributed by atoms with E-state index in [1.54, 1.807) is 0 Å². The van der Waals surface area contributed by atoms with Crippen molar-refractivity contribution in [2.24, 2.45) is 0 Å². The van der Waals surface area contributed by atoms with Gasteiger partial charge in [0.25, 0.3) is 5.69 Å². The number of methoxy groups -OCH3 is 2. The van der Waals surface area contributed by atoms with Crippen LogP contribution in [-0.4, -0.2) is 30.2 Å². The summed E-state index contributed by atoms with van der Waals surface area (Å²) in [4.78, 5) is 20.7. The van der Waals surface area contributed by atoms with Crippen LogP contribution in [-0.2, 0) is 4.79 Å². The van der Waals surface area contributed by atoms with Gasteiger partial charge in [-0.2, -0.15) is 0 Å². The van der Waals surface area contributed by atoms with E-state index in [0.717, 1.165) is 6.08 Å². The molecule has 1 rings (SSSR count). The molecule has 0 atom stereocenters. The van der Waals surface area contributed by atoms with Crippen molar-refractivity contribution in [1.29, 1.82) is 0 Å². The Morgan fingerprint density at radius 3 is 2.35 bits per heavy atom. The van der Waals surface area contributed by atoms with Gasteiger partial charge in [-0.05, 0) is 12.1 Å². The maximum absolute atomic E-state index is 11.0. The highest BCUT2D eigenvalue weighted by atomic mass is 16.6. The molecule has 0 bridgehead atoms. The van der Waals surface area contributed by atoms with Crippen LogP contribution in [0, 0.1) is 10.1 Å². The molecule has 0 heterocycles. The Labute approximate surface area is 114 Å². The fraction of sp³-hybridized carbons (Fsp3) is 0.154. The Bertz CT molecular complexity index is 576. The first-order chi connectivity index (χ1) is 9.49. The van der Waals surface area contributed by atoms with E-state index in [9.17, 15) is 14.9 Å². The lowest BCUT2D eigenvalue weighted by atomic mass is 10.1. The molecule has 1 aromatic carbocycles. The van der Waals surface area contributed by atoms with E-state index in [0.29, 0.717) is 5.75 Å². The smallest absolute Gasteiger partial charge is 0.328 e. The Morgan fingerprint density at radius 1 is 1.25 bits per heavy atom. The highest BCUT2D eigenvalue weighted by Gasteiger charge is 2.17. The molecule has 0 aromatic heterocycles. The lowest BCUT2D eigenvalue weighted by molar-refractivity contribution is -0.385. The highest BCUT2D eigenvalue weighted by Crippen LogP contribution is 2.35. The maximum Gasteiger partial charge on any atom is 0.328 e. The van der Waals surface area contributed by atoms with Crippen molar-refractivity contribution in [1.82, 2.24) is 0 Å². The summed E-state index contributed by atoms with van der Waals surface area (Å²) in [6.07, 6.45) is 4.99. The normalized spacial score (nSPS) is 10.9. The summed E-state index contributed by atoms with van der Waals surface area (Å²) in [7, 11) is 2.80. The van der Waals surface area contributed by atoms with E-state index in [2.05, 4.69) is 0 Å². The van der Waals surface area contributed by atoms with Crippen LogP contribution in [0.25, 0.3) is 6.08 Å². The van der Waals surface area contributed by atoms with Crippen molar-refractivity contribution < 1.29 is 24.3 Å². The Balaban J connectivity index is 3.22. The zero-order chi connectivity index (χ0) is 15.1. The van der Waals surface area contributed by atoms with Crippen LogP contribution < -0.4 is 9.47 Å². The van der Waals surface area contributed by atoms with Crippen molar-refractivity contribution in [3.63, 3.8) is 0 Å². The average Bonchev–Trinajstić information content (AvgIpc) is 2.42. The second kappa shape index (κ2) is 6.93. The number of hydrogen-bond acceptors (Lipinski definition) is 5. The van der Waals surface area contributed by atoms with Crippen LogP contribution in [0.2, 0.25) is 0 Å². The lowest BCUT2D eigenvalue weighted by Crippen LogP contribution is -1.96. The molecule has 7 heteroatoms. The minimum atomic E-state index is -1.10. The minimum Gasteiger partial charge on any atom is -0.493 e. The Morgan fingerprint density at radius 2 is 1.85 bits per heavy atom. The number of aliphatic carboxylic acids is 1. The quantitative estimate of drug-likeness (QED) is 0.371. The molecule has 1 N–H and O–H groups in total. The third-order valence-electron chi connectivity index (χ3n) is 2.36. The second-order valence-corrected chi connectivity index (χ2v) is 3.58. The van der Waals surface area contributed by atoms with Crippen LogP contribution >= 0.6 is 0 Å². The third kappa shape index (κ3) is 3.84. The second-order valence-electron chi connectivity index (χ2n) is 3.58. The molecule has 106 valence electrons. The molecular weight excluding hydrogens is 266 g/mol. The van der Waals surface area contributed by atoms with Crippen LogP contribution in [0.4, 0.5) is 5.69 Å². The van der Waals surface area contributed by atoms with E-state index in [1.165, 1.54) is 44.6 Å². The van der Waals surface area contributed by atoms with Gasteiger partial charge in [-0.3, -0.25) is 10.1 Å². The van der Waals surface area contributed by atoms with E-state index in [-0.39, 0.29) is 17.0 Å². The van der Waals surface area contributed by atoms with Gasteiger partial charge >= 0.3 is 5.97 Å². The van der Waals surface area contributed by atoms with E-state index >= 15 is 0 Å². The summed E-state index contributed by atoms with van der Waals surface area (Å²) in [5.41, 5.74) is 0.116. The molecule has 0 aliphatic carbocycles. The number of benzene rings is 1. The summed E-state index contributed by atoms with van der Waals surface area (Å²) >= 11 is 0. The van der Waals surface area contributed by atoms with Gasteiger partial charge in [0.1, 0.15) is 0 Å². The third-order valence-corrected chi connectivity index (χ3v) is 2.36. The van der Waals surface area contributed by atoms with Gasteiger partial charge in [0.05, 0.1) is 30.8 Å². The van der Waals surface area contributed by atoms with Gasteiger partial charge < -0.3 is 14.6 Å². The number of rotatable bonds is 6. The predicted octanol–water partition coefficient (Wildman–Crippen LogP) is 2.27. The van der Waals surface area contributed by atoms with Gasteiger partial charge in [-0.25, -0.2) is 4.79 Å². The first-order valence-corrected chi connectivity index (χ1v) is 5.47. The zero-order valence-electron chi connectivity index (χ0n) is 10.9. The fourth-order valence-corrected chi connectivity index (χ4v) is 1.47. The molecule has 0 aliphatic heterocycles. The number of carboxylic acid groups (broad SMARTS) is 1. The number of nitrogens with zero attached hydrogens (tertiary/aromatic N) is 1. The van der Waals surface area contributed by atoms with Crippen molar-refractivity contribution in [2.45, 2.75) is 0 Å².